The third-order valence-electron chi connectivity index (χ3n) is 2.61. The molecule has 0 spiro atoms. The van der Waals surface area contributed by atoms with Crippen LogP contribution < -0.4 is 11.1 Å². The maximum absolute atomic E-state index is 11.8. The number of rotatable bonds is 4. The number of benzene rings is 1. The molecule has 2 rings (SSSR count). The highest BCUT2D eigenvalue weighted by molar-refractivity contribution is 7.14. The Hall–Kier alpha value is -2.56. The van der Waals surface area contributed by atoms with Crippen LogP contribution in [-0.2, 0) is 9.53 Å². The topological polar surface area (TPSA) is 105 Å². The highest BCUT2D eigenvalue weighted by Crippen LogP contribution is 2.22. The minimum atomic E-state index is -0.726. The number of ether oxygens (including phenoxy) is 1. The number of anilines is 2. The zero-order valence-corrected chi connectivity index (χ0v) is 12.7. The predicted molar refractivity (Wildman–Crippen MR) is 83.8 cm³/mol. The van der Waals surface area contributed by atoms with E-state index in [0.717, 1.165) is 0 Å². The fourth-order valence-electron chi connectivity index (χ4n) is 1.59. The number of nitrogens with one attached hydrogen (secondary N) is 1. The van der Waals surface area contributed by atoms with Gasteiger partial charge >= 0.3 is 5.97 Å². The summed E-state index contributed by atoms with van der Waals surface area (Å²) >= 11 is 6.94. The number of nitrogen functional groups attached to an aromatic ring is 1. The molecular weight excluding hydrogens is 326 g/mol. The number of nitrogens with two attached hydrogens (primary N) is 1. The second kappa shape index (κ2) is 6.93. The minimum absolute atomic E-state index is 0.131. The Kier molecular flexibility index (Phi) is 4.99. The molecule has 8 heteroatoms. The van der Waals surface area contributed by atoms with E-state index in [-0.39, 0.29) is 11.3 Å². The fourth-order valence-corrected chi connectivity index (χ4v) is 2.52. The number of hydrogen-bond acceptors (Lipinski definition) is 6. The highest BCUT2D eigenvalue weighted by atomic mass is 35.5. The number of carbonyl (C=O) groups excluding carboxylic acids is 2. The summed E-state index contributed by atoms with van der Waals surface area (Å²) in [6, 6.07) is 7.87. The summed E-state index contributed by atoms with van der Waals surface area (Å²) in [5, 5.41) is 13.8. The maximum atomic E-state index is 11.8. The van der Waals surface area contributed by atoms with Crippen molar-refractivity contribution in [3.05, 3.63) is 45.8 Å². The Morgan fingerprint density at radius 2 is 2.18 bits per heavy atom. The molecule has 1 amide bonds. The highest BCUT2D eigenvalue weighted by Gasteiger charge is 2.14. The zero-order valence-electron chi connectivity index (χ0n) is 11.1. The molecule has 112 valence electrons. The number of thiophene rings is 1. The predicted octanol–water partition coefficient (Wildman–Crippen LogP) is 2.65. The van der Waals surface area contributed by atoms with Gasteiger partial charge in [0.15, 0.2) is 6.61 Å². The molecular formula is C14H10ClN3O3S. The van der Waals surface area contributed by atoms with Gasteiger partial charge < -0.3 is 15.8 Å². The van der Waals surface area contributed by atoms with Gasteiger partial charge in [-0.05, 0) is 29.6 Å². The maximum Gasteiger partial charge on any atom is 0.340 e. The molecule has 0 saturated carbocycles. The van der Waals surface area contributed by atoms with Crippen LogP contribution in [0.4, 0.5) is 10.7 Å². The normalized spacial score (nSPS) is 9.82. The summed E-state index contributed by atoms with van der Waals surface area (Å²) in [5.74, 6) is -1.27. The summed E-state index contributed by atoms with van der Waals surface area (Å²) < 4.78 is 4.88. The van der Waals surface area contributed by atoms with E-state index in [0.29, 0.717) is 15.6 Å². The van der Waals surface area contributed by atoms with Crippen LogP contribution in [0, 0.1) is 11.3 Å². The summed E-state index contributed by atoms with van der Waals surface area (Å²) in [5.41, 5.74) is 6.31. The largest absolute Gasteiger partial charge is 0.452 e. The first-order valence-corrected chi connectivity index (χ1v) is 7.26. The van der Waals surface area contributed by atoms with Crippen LogP contribution >= 0.6 is 22.9 Å². The van der Waals surface area contributed by atoms with Gasteiger partial charge in [-0.3, -0.25) is 4.79 Å². The molecule has 1 heterocycles. The standard InChI is InChI=1S/C14H10ClN3O3S/c15-9-1-2-10(11(17)5-9)14(20)21-7-12(19)18-13-8(6-16)3-4-22-13/h1-5H,7,17H2,(H,18,19). The van der Waals surface area contributed by atoms with Crippen LogP contribution in [0.25, 0.3) is 0 Å². The molecule has 0 fully saturated rings. The van der Waals surface area contributed by atoms with Crippen LogP contribution in [0.15, 0.2) is 29.6 Å². The molecule has 0 saturated heterocycles. The molecule has 0 unspecified atom stereocenters. The molecule has 1 aromatic carbocycles. The number of halogens is 1. The molecule has 2 aromatic rings. The zero-order chi connectivity index (χ0) is 16.1. The third-order valence-corrected chi connectivity index (χ3v) is 3.67. The van der Waals surface area contributed by atoms with Gasteiger partial charge in [-0.25, -0.2) is 4.79 Å². The van der Waals surface area contributed by atoms with E-state index in [4.69, 9.17) is 27.3 Å². The summed E-state index contributed by atoms with van der Waals surface area (Å²) in [7, 11) is 0. The lowest BCUT2D eigenvalue weighted by Gasteiger charge is -2.07. The van der Waals surface area contributed by atoms with Crippen molar-refractivity contribution >= 4 is 45.5 Å². The molecule has 0 bridgehead atoms. The minimum Gasteiger partial charge on any atom is -0.452 e. The van der Waals surface area contributed by atoms with E-state index in [9.17, 15) is 9.59 Å². The van der Waals surface area contributed by atoms with Gasteiger partial charge in [-0.1, -0.05) is 11.6 Å². The molecule has 0 aliphatic heterocycles. The van der Waals surface area contributed by atoms with Gasteiger partial charge in [0.2, 0.25) is 0 Å². The fraction of sp³-hybridized carbons (Fsp3) is 0.0714. The SMILES string of the molecule is N#Cc1ccsc1NC(=O)COC(=O)c1ccc(Cl)cc1N. The van der Waals surface area contributed by atoms with Crippen molar-refractivity contribution in [3.8, 4) is 6.07 Å². The average Bonchev–Trinajstić information content (AvgIpc) is 2.92. The first-order valence-electron chi connectivity index (χ1n) is 6.01. The number of esters is 1. The molecule has 0 aliphatic rings. The van der Waals surface area contributed by atoms with Gasteiger partial charge in [0.1, 0.15) is 11.1 Å². The average molecular weight is 336 g/mol. The van der Waals surface area contributed by atoms with Crippen molar-refractivity contribution in [2.45, 2.75) is 0 Å². The second-order valence-corrected chi connectivity index (χ2v) is 5.48. The lowest BCUT2D eigenvalue weighted by Crippen LogP contribution is -2.21. The van der Waals surface area contributed by atoms with Crippen LogP contribution in [-0.4, -0.2) is 18.5 Å². The molecule has 0 aliphatic carbocycles. The smallest absolute Gasteiger partial charge is 0.340 e. The van der Waals surface area contributed by atoms with Crippen molar-refractivity contribution in [2.24, 2.45) is 0 Å². The van der Waals surface area contributed by atoms with E-state index in [1.807, 2.05) is 6.07 Å². The first-order chi connectivity index (χ1) is 10.5. The van der Waals surface area contributed by atoms with Gasteiger partial charge in [-0.15, -0.1) is 11.3 Å². The van der Waals surface area contributed by atoms with E-state index in [2.05, 4.69) is 5.32 Å². The Morgan fingerprint density at radius 1 is 1.41 bits per heavy atom. The van der Waals surface area contributed by atoms with E-state index < -0.39 is 18.5 Å². The summed E-state index contributed by atoms with van der Waals surface area (Å²) in [4.78, 5) is 23.5. The third kappa shape index (κ3) is 3.75. The van der Waals surface area contributed by atoms with Gasteiger partial charge in [-0.2, -0.15) is 5.26 Å². The Bertz CT molecular complexity index is 767. The number of hydrogen-bond donors (Lipinski definition) is 2. The first kappa shape index (κ1) is 15.8. The van der Waals surface area contributed by atoms with Gasteiger partial charge in [0.05, 0.1) is 11.1 Å². The lowest BCUT2D eigenvalue weighted by molar-refractivity contribution is -0.119. The number of amides is 1. The molecule has 3 N–H and O–H groups in total. The Balaban J connectivity index is 1.94. The molecule has 0 atom stereocenters. The summed E-state index contributed by atoms with van der Waals surface area (Å²) in [6.07, 6.45) is 0. The van der Waals surface area contributed by atoms with E-state index >= 15 is 0 Å². The number of nitrogens with zero attached hydrogens (tertiary/aromatic N) is 1. The lowest BCUT2D eigenvalue weighted by atomic mass is 10.2. The van der Waals surface area contributed by atoms with E-state index in [1.54, 1.807) is 11.4 Å². The van der Waals surface area contributed by atoms with Crippen LogP contribution in [0.1, 0.15) is 15.9 Å². The molecule has 1 aromatic heterocycles. The van der Waals surface area contributed by atoms with Crippen molar-refractivity contribution in [3.63, 3.8) is 0 Å². The Morgan fingerprint density at radius 3 is 2.86 bits per heavy atom. The van der Waals surface area contributed by atoms with Crippen molar-refractivity contribution in [1.29, 1.82) is 5.26 Å². The second-order valence-electron chi connectivity index (χ2n) is 4.13. The van der Waals surface area contributed by atoms with Crippen LogP contribution in [0.3, 0.4) is 0 Å². The Labute approximate surface area is 135 Å². The number of nitriles is 1. The van der Waals surface area contributed by atoms with E-state index in [1.165, 1.54) is 29.5 Å². The monoisotopic (exact) mass is 335 g/mol. The van der Waals surface area contributed by atoms with Gasteiger partial charge in [0, 0.05) is 10.7 Å². The molecule has 0 radical (unpaired) electrons. The van der Waals surface area contributed by atoms with Gasteiger partial charge in [0.25, 0.3) is 5.91 Å². The summed E-state index contributed by atoms with van der Waals surface area (Å²) in [6.45, 7) is -0.482. The molecule has 6 nitrogen and oxygen atoms in total. The quantitative estimate of drug-likeness (QED) is 0.660. The van der Waals surface area contributed by atoms with Crippen LogP contribution in [0.2, 0.25) is 5.02 Å². The number of carbonyl (C=O) groups is 2. The van der Waals surface area contributed by atoms with Crippen LogP contribution in [0.5, 0.6) is 0 Å². The molecule has 22 heavy (non-hydrogen) atoms. The van der Waals surface area contributed by atoms with Crippen molar-refractivity contribution in [2.75, 3.05) is 17.7 Å². The van der Waals surface area contributed by atoms with Crippen molar-refractivity contribution < 1.29 is 14.3 Å². The van der Waals surface area contributed by atoms with Crippen molar-refractivity contribution in [1.82, 2.24) is 0 Å².